The van der Waals surface area contributed by atoms with Crippen LogP contribution in [0.2, 0.25) is 5.02 Å². The maximum Gasteiger partial charge on any atom is 0.0755 e. The van der Waals surface area contributed by atoms with Gasteiger partial charge < -0.3 is 5.32 Å². The fourth-order valence-electron chi connectivity index (χ4n) is 2.74. The second-order valence-corrected chi connectivity index (χ2v) is 6.29. The minimum atomic E-state index is 0.771. The summed E-state index contributed by atoms with van der Waals surface area (Å²) in [4.78, 5) is 4.68. The molecule has 2 aromatic carbocycles. The number of rotatable bonds is 2. The van der Waals surface area contributed by atoms with E-state index in [1.54, 1.807) is 0 Å². The normalized spacial score (nSPS) is 11.0. The lowest BCUT2D eigenvalue weighted by Gasteiger charge is -2.13. The molecule has 0 spiro atoms. The molecule has 0 aliphatic heterocycles. The van der Waals surface area contributed by atoms with Crippen LogP contribution in [0.3, 0.4) is 0 Å². The summed E-state index contributed by atoms with van der Waals surface area (Å²) in [6, 6.07) is 12.5. The van der Waals surface area contributed by atoms with Gasteiger partial charge in [-0.05, 0) is 63.1 Å². The molecule has 0 radical (unpaired) electrons. The van der Waals surface area contributed by atoms with E-state index in [4.69, 9.17) is 11.6 Å². The van der Waals surface area contributed by atoms with Gasteiger partial charge in [-0.3, -0.25) is 4.98 Å². The summed E-state index contributed by atoms with van der Waals surface area (Å²) >= 11 is 6.23. The minimum Gasteiger partial charge on any atom is -0.355 e. The minimum absolute atomic E-state index is 0.771. The standard InChI is InChI=1S/C19H19ClN2/c1-11-7-13(3)19-16(8-11)18(9-14(4)21-19)22-15-6-5-12(2)17(20)10-15/h5-10H,1-4H3,(H,21,22). The molecule has 0 aliphatic carbocycles. The van der Waals surface area contributed by atoms with E-state index in [0.717, 1.165) is 38.6 Å². The Hall–Kier alpha value is -2.06. The maximum atomic E-state index is 6.23. The highest BCUT2D eigenvalue weighted by Crippen LogP contribution is 2.30. The first-order valence-electron chi connectivity index (χ1n) is 7.36. The van der Waals surface area contributed by atoms with E-state index >= 15 is 0 Å². The van der Waals surface area contributed by atoms with Crippen molar-refractivity contribution < 1.29 is 0 Å². The van der Waals surface area contributed by atoms with Gasteiger partial charge in [-0.15, -0.1) is 0 Å². The van der Waals surface area contributed by atoms with Crippen molar-refractivity contribution in [3.05, 3.63) is 63.8 Å². The highest BCUT2D eigenvalue weighted by molar-refractivity contribution is 6.31. The van der Waals surface area contributed by atoms with Gasteiger partial charge in [-0.25, -0.2) is 0 Å². The van der Waals surface area contributed by atoms with Crippen molar-refractivity contribution in [2.24, 2.45) is 0 Å². The molecule has 0 saturated heterocycles. The van der Waals surface area contributed by atoms with Crippen LogP contribution in [0.1, 0.15) is 22.4 Å². The summed E-state index contributed by atoms with van der Waals surface area (Å²) in [5.74, 6) is 0. The summed E-state index contributed by atoms with van der Waals surface area (Å²) in [5.41, 5.74) is 7.61. The van der Waals surface area contributed by atoms with Crippen molar-refractivity contribution >= 4 is 33.9 Å². The number of fused-ring (bicyclic) bond motifs is 1. The number of nitrogens with one attached hydrogen (secondary N) is 1. The predicted molar refractivity (Wildman–Crippen MR) is 95.4 cm³/mol. The molecule has 0 unspecified atom stereocenters. The fraction of sp³-hybridized carbons (Fsp3) is 0.211. The summed E-state index contributed by atoms with van der Waals surface area (Å²) < 4.78 is 0. The van der Waals surface area contributed by atoms with Crippen LogP contribution < -0.4 is 5.32 Å². The molecule has 0 aliphatic rings. The number of benzene rings is 2. The number of pyridine rings is 1. The molecule has 3 heteroatoms. The summed E-state index contributed by atoms with van der Waals surface area (Å²) in [5, 5.41) is 5.40. The molecule has 1 heterocycles. The third-order valence-corrected chi connectivity index (χ3v) is 4.23. The Morgan fingerprint density at radius 1 is 0.909 bits per heavy atom. The lowest BCUT2D eigenvalue weighted by Crippen LogP contribution is -1.97. The van der Waals surface area contributed by atoms with Gasteiger partial charge in [0.25, 0.3) is 0 Å². The first-order chi connectivity index (χ1) is 10.4. The summed E-state index contributed by atoms with van der Waals surface area (Å²) in [6.45, 7) is 8.24. The number of hydrogen-bond acceptors (Lipinski definition) is 2. The Kier molecular flexibility index (Phi) is 3.79. The Labute approximate surface area is 136 Å². The number of hydrogen-bond donors (Lipinski definition) is 1. The SMILES string of the molecule is Cc1cc(C)c2nc(C)cc(Nc3ccc(C)c(Cl)c3)c2c1. The van der Waals surface area contributed by atoms with Crippen LogP contribution in [0.5, 0.6) is 0 Å². The van der Waals surface area contributed by atoms with Crippen molar-refractivity contribution in [2.75, 3.05) is 5.32 Å². The van der Waals surface area contributed by atoms with Crippen LogP contribution in [-0.2, 0) is 0 Å². The lowest BCUT2D eigenvalue weighted by atomic mass is 10.0. The molecule has 2 nitrogen and oxygen atoms in total. The molecule has 0 amide bonds. The van der Waals surface area contributed by atoms with Crippen molar-refractivity contribution in [3.8, 4) is 0 Å². The second-order valence-electron chi connectivity index (χ2n) is 5.88. The van der Waals surface area contributed by atoms with Gasteiger partial charge in [0.05, 0.1) is 5.52 Å². The molecular weight excluding hydrogens is 292 g/mol. The first kappa shape index (κ1) is 14.9. The van der Waals surface area contributed by atoms with Crippen molar-refractivity contribution in [2.45, 2.75) is 27.7 Å². The molecule has 112 valence electrons. The molecule has 0 saturated carbocycles. The summed E-state index contributed by atoms with van der Waals surface area (Å²) in [6.07, 6.45) is 0. The largest absolute Gasteiger partial charge is 0.355 e. The van der Waals surface area contributed by atoms with Gasteiger partial charge in [0, 0.05) is 27.5 Å². The van der Waals surface area contributed by atoms with E-state index in [0.29, 0.717) is 0 Å². The van der Waals surface area contributed by atoms with E-state index in [1.165, 1.54) is 11.1 Å². The smallest absolute Gasteiger partial charge is 0.0755 e. The Balaban J connectivity index is 2.15. The van der Waals surface area contributed by atoms with Crippen molar-refractivity contribution in [1.29, 1.82) is 0 Å². The molecule has 1 N–H and O–H groups in total. The Morgan fingerprint density at radius 2 is 1.68 bits per heavy atom. The van der Waals surface area contributed by atoms with Crippen molar-refractivity contribution in [3.63, 3.8) is 0 Å². The number of halogens is 1. The number of anilines is 2. The average molecular weight is 311 g/mol. The third kappa shape index (κ3) is 2.79. The number of nitrogens with zero attached hydrogens (tertiary/aromatic N) is 1. The second kappa shape index (κ2) is 5.62. The monoisotopic (exact) mass is 310 g/mol. The fourth-order valence-corrected chi connectivity index (χ4v) is 2.92. The quantitative estimate of drug-likeness (QED) is 0.640. The van der Waals surface area contributed by atoms with E-state index in [-0.39, 0.29) is 0 Å². The van der Waals surface area contributed by atoms with E-state index in [1.807, 2.05) is 32.0 Å². The van der Waals surface area contributed by atoms with Gasteiger partial charge in [-0.2, -0.15) is 0 Å². The first-order valence-corrected chi connectivity index (χ1v) is 7.73. The van der Waals surface area contributed by atoms with Crippen LogP contribution in [0.4, 0.5) is 11.4 Å². The van der Waals surface area contributed by atoms with Crippen LogP contribution in [0.25, 0.3) is 10.9 Å². The molecule has 22 heavy (non-hydrogen) atoms. The van der Waals surface area contributed by atoms with Gasteiger partial charge in [0.15, 0.2) is 0 Å². The predicted octanol–water partition coefficient (Wildman–Crippen LogP) is 5.87. The third-order valence-electron chi connectivity index (χ3n) is 3.83. The van der Waals surface area contributed by atoms with Crippen molar-refractivity contribution in [1.82, 2.24) is 4.98 Å². The molecule has 1 aromatic heterocycles. The topological polar surface area (TPSA) is 24.9 Å². The van der Waals surface area contributed by atoms with E-state index in [9.17, 15) is 0 Å². The average Bonchev–Trinajstić information content (AvgIpc) is 2.44. The van der Waals surface area contributed by atoms with Gasteiger partial charge in [0.1, 0.15) is 0 Å². The van der Waals surface area contributed by atoms with E-state index < -0.39 is 0 Å². The molecule has 0 fully saturated rings. The van der Waals surface area contributed by atoms with Crippen LogP contribution >= 0.6 is 11.6 Å². The van der Waals surface area contributed by atoms with Crippen LogP contribution in [0.15, 0.2) is 36.4 Å². The molecular formula is C19H19ClN2. The lowest BCUT2D eigenvalue weighted by molar-refractivity contribution is 1.23. The van der Waals surface area contributed by atoms with E-state index in [2.05, 4.69) is 42.3 Å². The summed E-state index contributed by atoms with van der Waals surface area (Å²) in [7, 11) is 0. The Morgan fingerprint density at radius 3 is 2.41 bits per heavy atom. The zero-order chi connectivity index (χ0) is 15.9. The van der Waals surface area contributed by atoms with Gasteiger partial charge >= 0.3 is 0 Å². The highest BCUT2D eigenvalue weighted by Gasteiger charge is 2.08. The molecule has 0 bridgehead atoms. The van der Waals surface area contributed by atoms with Gasteiger partial charge in [-0.1, -0.05) is 29.3 Å². The number of aromatic nitrogens is 1. The number of aryl methyl sites for hydroxylation is 4. The molecule has 3 aromatic rings. The van der Waals surface area contributed by atoms with Gasteiger partial charge in [0.2, 0.25) is 0 Å². The zero-order valence-corrected chi connectivity index (χ0v) is 14.0. The Bertz CT molecular complexity index is 869. The molecule has 0 atom stereocenters. The van der Waals surface area contributed by atoms with Crippen LogP contribution in [-0.4, -0.2) is 4.98 Å². The molecule has 3 rings (SSSR count). The van der Waals surface area contributed by atoms with Crippen LogP contribution in [0, 0.1) is 27.7 Å². The zero-order valence-electron chi connectivity index (χ0n) is 13.3. The maximum absolute atomic E-state index is 6.23. The highest BCUT2D eigenvalue weighted by atomic mass is 35.5.